The third-order valence-electron chi connectivity index (χ3n) is 6.82. The molecule has 8 heteroatoms. The quantitative estimate of drug-likeness (QED) is 0.213. The molecule has 3 aromatic rings. The standard InChI is InChI=1S/C32H35F4N3O/c1-6-11-22(7-2)14-15-28-30(39(8-3)9-4)18-24(20-37-28)26-19-29(27(33)16-21(26)5)38-31(40)23-12-10-13-25(17-23)32(34,35)36/h10,12-13,16-20,22H,6-9,11H2,1-5H3,(H,38,40). The van der Waals surface area contributed by atoms with Crippen LogP contribution in [0.4, 0.5) is 28.9 Å². The maximum Gasteiger partial charge on any atom is 0.416 e. The van der Waals surface area contributed by atoms with E-state index in [0.717, 1.165) is 56.2 Å². The Bertz CT molecular complexity index is 1400. The van der Waals surface area contributed by atoms with Crippen molar-refractivity contribution in [3.8, 4) is 23.0 Å². The summed E-state index contributed by atoms with van der Waals surface area (Å²) in [4.78, 5) is 19.6. The van der Waals surface area contributed by atoms with Crippen molar-refractivity contribution in [2.75, 3.05) is 23.3 Å². The van der Waals surface area contributed by atoms with E-state index in [1.54, 1.807) is 13.1 Å². The third kappa shape index (κ3) is 7.41. The number of aromatic nitrogens is 1. The second kappa shape index (κ2) is 13.5. The minimum absolute atomic E-state index is 0.137. The average molecular weight is 554 g/mol. The highest BCUT2D eigenvalue weighted by Crippen LogP contribution is 2.33. The zero-order chi connectivity index (χ0) is 29.4. The lowest BCUT2D eigenvalue weighted by Crippen LogP contribution is -2.23. The van der Waals surface area contributed by atoms with Gasteiger partial charge in [0.1, 0.15) is 11.5 Å². The number of carbonyl (C=O) groups excluding carboxylic acids is 1. The predicted octanol–water partition coefficient (Wildman–Crippen LogP) is 8.49. The van der Waals surface area contributed by atoms with Gasteiger partial charge in [0.15, 0.2) is 0 Å². The van der Waals surface area contributed by atoms with Crippen molar-refractivity contribution in [2.45, 2.75) is 60.1 Å². The lowest BCUT2D eigenvalue weighted by atomic mass is 9.99. The number of nitrogens with one attached hydrogen (secondary N) is 1. The van der Waals surface area contributed by atoms with Crippen molar-refractivity contribution in [1.82, 2.24) is 4.98 Å². The van der Waals surface area contributed by atoms with Gasteiger partial charge in [0.2, 0.25) is 0 Å². The van der Waals surface area contributed by atoms with E-state index < -0.39 is 23.5 Å². The fourth-order valence-electron chi connectivity index (χ4n) is 4.51. The minimum Gasteiger partial charge on any atom is -0.370 e. The molecule has 0 fully saturated rings. The van der Waals surface area contributed by atoms with E-state index in [2.05, 4.69) is 40.9 Å². The molecule has 1 unspecified atom stereocenters. The number of carbonyl (C=O) groups is 1. The van der Waals surface area contributed by atoms with Gasteiger partial charge in [-0.1, -0.05) is 32.3 Å². The normalized spacial score (nSPS) is 11.9. The summed E-state index contributed by atoms with van der Waals surface area (Å²) in [5.74, 6) is 5.39. The maximum atomic E-state index is 14.9. The van der Waals surface area contributed by atoms with Crippen LogP contribution in [0.25, 0.3) is 11.1 Å². The monoisotopic (exact) mass is 553 g/mol. The molecule has 1 atom stereocenters. The van der Waals surface area contributed by atoms with Gasteiger partial charge in [-0.05, 0) is 87.1 Å². The first-order valence-electron chi connectivity index (χ1n) is 13.6. The van der Waals surface area contributed by atoms with E-state index in [1.165, 1.54) is 18.2 Å². The van der Waals surface area contributed by atoms with Gasteiger partial charge in [-0.15, -0.1) is 0 Å². The van der Waals surface area contributed by atoms with Crippen molar-refractivity contribution >= 4 is 17.3 Å². The molecule has 0 bridgehead atoms. The number of aryl methyl sites for hydroxylation is 1. The number of hydrogen-bond donors (Lipinski definition) is 1. The van der Waals surface area contributed by atoms with Crippen LogP contribution in [0, 0.1) is 30.5 Å². The second-order valence-corrected chi connectivity index (χ2v) is 9.61. The minimum atomic E-state index is -4.60. The predicted molar refractivity (Wildman–Crippen MR) is 153 cm³/mol. The van der Waals surface area contributed by atoms with E-state index in [1.807, 2.05) is 19.9 Å². The highest BCUT2D eigenvalue weighted by Gasteiger charge is 2.31. The van der Waals surface area contributed by atoms with Gasteiger partial charge in [0, 0.05) is 36.3 Å². The van der Waals surface area contributed by atoms with Crippen molar-refractivity contribution in [1.29, 1.82) is 0 Å². The van der Waals surface area contributed by atoms with E-state index in [4.69, 9.17) is 0 Å². The smallest absolute Gasteiger partial charge is 0.370 e. The van der Waals surface area contributed by atoms with Crippen LogP contribution in [0.5, 0.6) is 0 Å². The molecule has 0 spiro atoms. The van der Waals surface area contributed by atoms with Crippen LogP contribution in [-0.4, -0.2) is 24.0 Å². The molecule has 1 amide bonds. The fraction of sp³-hybridized carbons (Fsp3) is 0.375. The molecule has 1 aromatic heterocycles. The summed E-state index contributed by atoms with van der Waals surface area (Å²) in [5, 5.41) is 2.43. The molecule has 1 N–H and O–H groups in total. The third-order valence-corrected chi connectivity index (χ3v) is 6.82. The van der Waals surface area contributed by atoms with E-state index in [9.17, 15) is 22.4 Å². The van der Waals surface area contributed by atoms with Crippen molar-refractivity contribution in [3.63, 3.8) is 0 Å². The Balaban J connectivity index is 2.02. The number of anilines is 2. The maximum absolute atomic E-state index is 14.9. The number of alkyl halides is 3. The Hall–Kier alpha value is -3.86. The molecule has 0 aliphatic carbocycles. The number of benzene rings is 2. The first-order valence-corrected chi connectivity index (χ1v) is 13.6. The number of hydrogen-bond acceptors (Lipinski definition) is 3. The van der Waals surface area contributed by atoms with Crippen LogP contribution in [0.15, 0.2) is 48.7 Å². The average Bonchev–Trinajstić information content (AvgIpc) is 2.93. The van der Waals surface area contributed by atoms with Crippen molar-refractivity contribution < 1.29 is 22.4 Å². The molecule has 0 aliphatic rings. The Labute approximate surface area is 233 Å². The number of nitrogens with zero attached hydrogens (tertiary/aromatic N) is 2. The molecule has 1 heterocycles. The van der Waals surface area contributed by atoms with E-state index >= 15 is 0 Å². The van der Waals surface area contributed by atoms with Crippen molar-refractivity contribution in [2.24, 2.45) is 5.92 Å². The first-order chi connectivity index (χ1) is 19.0. The van der Waals surface area contributed by atoms with Gasteiger partial charge < -0.3 is 10.2 Å². The molecule has 0 radical (unpaired) electrons. The topological polar surface area (TPSA) is 45.2 Å². The van der Waals surface area contributed by atoms with Gasteiger partial charge in [-0.2, -0.15) is 13.2 Å². The summed E-state index contributed by atoms with van der Waals surface area (Å²) in [5.41, 5.74) is 2.18. The number of amides is 1. The molecular formula is C32H35F4N3O. The molecule has 0 saturated heterocycles. The number of pyridine rings is 1. The zero-order valence-corrected chi connectivity index (χ0v) is 23.5. The van der Waals surface area contributed by atoms with E-state index in [0.29, 0.717) is 28.3 Å². The molecule has 0 aliphatic heterocycles. The van der Waals surface area contributed by atoms with Crippen LogP contribution in [0.2, 0.25) is 0 Å². The van der Waals surface area contributed by atoms with Gasteiger partial charge in [0.05, 0.1) is 16.9 Å². The van der Waals surface area contributed by atoms with Crippen LogP contribution >= 0.6 is 0 Å². The fourth-order valence-corrected chi connectivity index (χ4v) is 4.51. The summed E-state index contributed by atoms with van der Waals surface area (Å²) in [7, 11) is 0. The summed E-state index contributed by atoms with van der Waals surface area (Å²) in [6.45, 7) is 11.6. The molecule has 40 heavy (non-hydrogen) atoms. The van der Waals surface area contributed by atoms with Crippen LogP contribution in [-0.2, 0) is 6.18 Å². The lowest BCUT2D eigenvalue weighted by Gasteiger charge is -2.23. The summed E-state index contributed by atoms with van der Waals surface area (Å²) >= 11 is 0. The molecule has 212 valence electrons. The van der Waals surface area contributed by atoms with Crippen molar-refractivity contribution in [3.05, 3.63) is 76.9 Å². The van der Waals surface area contributed by atoms with E-state index in [-0.39, 0.29) is 11.3 Å². The number of rotatable bonds is 9. The van der Waals surface area contributed by atoms with Crippen LogP contribution < -0.4 is 10.2 Å². The van der Waals surface area contributed by atoms with Gasteiger partial charge in [-0.25, -0.2) is 9.37 Å². The Morgan fingerprint density at radius 2 is 1.80 bits per heavy atom. The Morgan fingerprint density at radius 3 is 2.42 bits per heavy atom. The van der Waals surface area contributed by atoms with Gasteiger partial charge in [-0.3, -0.25) is 4.79 Å². The summed E-state index contributed by atoms with van der Waals surface area (Å²) < 4.78 is 54.2. The molecule has 3 rings (SSSR count). The largest absolute Gasteiger partial charge is 0.416 e. The zero-order valence-electron chi connectivity index (χ0n) is 23.5. The number of halogens is 4. The molecule has 2 aromatic carbocycles. The molecular weight excluding hydrogens is 518 g/mol. The Morgan fingerprint density at radius 1 is 1.07 bits per heavy atom. The van der Waals surface area contributed by atoms with Gasteiger partial charge in [0.25, 0.3) is 5.91 Å². The lowest BCUT2D eigenvalue weighted by molar-refractivity contribution is -0.137. The summed E-state index contributed by atoms with van der Waals surface area (Å²) in [6.07, 6.45) is 0.114. The summed E-state index contributed by atoms with van der Waals surface area (Å²) in [6, 6.07) is 8.75. The SMILES string of the molecule is CCCC(C#Cc1ncc(-c2cc(NC(=O)c3cccc(C(F)(F)F)c3)c(F)cc2C)cc1N(CC)CC)CC. The highest BCUT2D eigenvalue weighted by molar-refractivity contribution is 6.04. The highest BCUT2D eigenvalue weighted by atomic mass is 19.4. The Kier molecular flexibility index (Phi) is 10.3. The molecule has 4 nitrogen and oxygen atoms in total. The van der Waals surface area contributed by atoms with Gasteiger partial charge >= 0.3 is 6.18 Å². The van der Waals surface area contributed by atoms with Crippen LogP contribution in [0.3, 0.4) is 0 Å². The molecule has 0 saturated carbocycles. The first kappa shape index (κ1) is 30.7. The second-order valence-electron chi connectivity index (χ2n) is 9.61. The van der Waals surface area contributed by atoms with Crippen LogP contribution in [0.1, 0.15) is 74.1 Å².